The molecular formula is C23H27N3O2. The van der Waals surface area contributed by atoms with Crippen molar-refractivity contribution in [1.82, 2.24) is 10.2 Å². The Labute approximate surface area is 166 Å². The number of hydrogen-bond acceptors (Lipinski definition) is 4. The van der Waals surface area contributed by atoms with Gasteiger partial charge >= 0.3 is 0 Å². The van der Waals surface area contributed by atoms with Crippen molar-refractivity contribution in [3.63, 3.8) is 0 Å². The van der Waals surface area contributed by atoms with E-state index < -0.39 is 0 Å². The number of fused-ring (bicyclic) bond motifs is 1. The zero-order valence-electron chi connectivity index (χ0n) is 16.5. The van der Waals surface area contributed by atoms with Gasteiger partial charge in [-0.2, -0.15) is 5.26 Å². The molecule has 0 aliphatic heterocycles. The van der Waals surface area contributed by atoms with Gasteiger partial charge in [-0.25, -0.2) is 0 Å². The number of amides is 1. The van der Waals surface area contributed by atoms with E-state index in [0.29, 0.717) is 6.42 Å². The Balaban J connectivity index is 1.56. The van der Waals surface area contributed by atoms with Gasteiger partial charge in [0, 0.05) is 12.5 Å². The Morgan fingerprint density at radius 3 is 2.71 bits per heavy atom. The minimum Gasteiger partial charge on any atom is -0.508 e. The van der Waals surface area contributed by atoms with Crippen LogP contribution in [0.25, 0.3) is 0 Å². The van der Waals surface area contributed by atoms with Crippen molar-refractivity contribution in [3.05, 3.63) is 64.7 Å². The van der Waals surface area contributed by atoms with Crippen LogP contribution in [0.15, 0.2) is 42.5 Å². The summed E-state index contributed by atoms with van der Waals surface area (Å²) in [5.74, 6) is 0.318. The highest BCUT2D eigenvalue weighted by Crippen LogP contribution is 2.33. The molecule has 0 saturated heterocycles. The molecule has 0 bridgehead atoms. The number of carbonyl (C=O) groups is 1. The van der Waals surface area contributed by atoms with E-state index in [-0.39, 0.29) is 23.7 Å². The monoisotopic (exact) mass is 377 g/mol. The predicted octanol–water partition coefficient (Wildman–Crippen LogP) is 3.32. The molecule has 146 valence electrons. The average molecular weight is 377 g/mol. The van der Waals surface area contributed by atoms with Gasteiger partial charge in [0.2, 0.25) is 5.91 Å². The van der Waals surface area contributed by atoms with Gasteiger partial charge in [-0.05, 0) is 74.7 Å². The van der Waals surface area contributed by atoms with Crippen molar-refractivity contribution in [2.45, 2.75) is 44.2 Å². The van der Waals surface area contributed by atoms with Crippen LogP contribution < -0.4 is 5.32 Å². The van der Waals surface area contributed by atoms with Crippen LogP contribution >= 0.6 is 0 Å². The summed E-state index contributed by atoms with van der Waals surface area (Å²) in [5, 5.41) is 21.8. The third-order valence-electron chi connectivity index (χ3n) is 5.57. The zero-order chi connectivity index (χ0) is 20.1. The maximum atomic E-state index is 12.6. The van der Waals surface area contributed by atoms with Gasteiger partial charge < -0.3 is 15.3 Å². The van der Waals surface area contributed by atoms with Gasteiger partial charge in [0.05, 0.1) is 17.7 Å². The van der Waals surface area contributed by atoms with E-state index in [4.69, 9.17) is 0 Å². The first-order valence-electron chi connectivity index (χ1n) is 9.73. The number of rotatable bonds is 7. The molecule has 2 N–H and O–H groups in total. The largest absolute Gasteiger partial charge is 0.508 e. The van der Waals surface area contributed by atoms with E-state index in [2.05, 4.69) is 16.3 Å². The highest BCUT2D eigenvalue weighted by molar-refractivity contribution is 5.76. The molecule has 1 unspecified atom stereocenters. The van der Waals surface area contributed by atoms with Gasteiger partial charge in [0.15, 0.2) is 0 Å². The molecule has 1 aliphatic carbocycles. The summed E-state index contributed by atoms with van der Waals surface area (Å²) in [5.41, 5.74) is 4.02. The predicted molar refractivity (Wildman–Crippen MR) is 109 cm³/mol. The molecule has 0 radical (unpaired) electrons. The number of aromatic hydroxyl groups is 1. The summed E-state index contributed by atoms with van der Waals surface area (Å²) in [6.45, 7) is 0. The van der Waals surface area contributed by atoms with Crippen LogP contribution in [-0.4, -0.2) is 36.1 Å². The van der Waals surface area contributed by atoms with Crippen LogP contribution in [-0.2, 0) is 17.6 Å². The van der Waals surface area contributed by atoms with Crippen molar-refractivity contribution < 1.29 is 9.90 Å². The molecule has 0 saturated carbocycles. The summed E-state index contributed by atoms with van der Waals surface area (Å²) >= 11 is 0. The SMILES string of the molecule is CN(C)[C@H](CCC(=O)NC1CCc2c(C#N)cccc21)Cc1ccc(O)cc1. The number of likely N-dealkylation sites (N-methyl/N-ethyl adjacent to an activating group) is 1. The minimum atomic E-state index is 0.00528. The number of hydrogen-bond donors (Lipinski definition) is 2. The van der Waals surface area contributed by atoms with Gasteiger partial charge in [-0.15, -0.1) is 0 Å². The maximum absolute atomic E-state index is 12.6. The summed E-state index contributed by atoms with van der Waals surface area (Å²) in [7, 11) is 4.05. The van der Waals surface area contributed by atoms with E-state index in [0.717, 1.165) is 47.9 Å². The highest BCUT2D eigenvalue weighted by atomic mass is 16.3. The van der Waals surface area contributed by atoms with Gasteiger partial charge in [0.25, 0.3) is 0 Å². The normalized spacial score (nSPS) is 16.4. The first-order valence-corrected chi connectivity index (χ1v) is 9.73. The third-order valence-corrected chi connectivity index (χ3v) is 5.57. The second-order valence-corrected chi connectivity index (χ2v) is 7.67. The molecule has 2 aromatic rings. The molecule has 28 heavy (non-hydrogen) atoms. The lowest BCUT2D eigenvalue weighted by Crippen LogP contribution is -2.33. The second-order valence-electron chi connectivity index (χ2n) is 7.67. The number of nitriles is 1. The van der Waals surface area contributed by atoms with Crippen LogP contribution in [0, 0.1) is 11.3 Å². The van der Waals surface area contributed by atoms with Gasteiger partial charge in [-0.1, -0.05) is 24.3 Å². The molecule has 0 heterocycles. The third kappa shape index (κ3) is 4.71. The Morgan fingerprint density at radius 1 is 1.29 bits per heavy atom. The lowest BCUT2D eigenvalue weighted by Gasteiger charge is -2.24. The number of benzene rings is 2. The number of phenols is 1. The van der Waals surface area contributed by atoms with E-state index in [9.17, 15) is 15.2 Å². The van der Waals surface area contributed by atoms with Crippen LogP contribution in [0.2, 0.25) is 0 Å². The summed E-state index contributed by atoms with van der Waals surface area (Å²) < 4.78 is 0. The Kier molecular flexibility index (Phi) is 6.33. The van der Waals surface area contributed by atoms with Crippen molar-refractivity contribution in [1.29, 1.82) is 5.26 Å². The molecule has 2 atom stereocenters. The quantitative estimate of drug-likeness (QED) is 0.776. The Morgan fingerprint density at radius 2 is 2.04 bits per heavy atom. The Bertz CT molecular complexity index is 868. The summed E-state index contributed by atoms with van der Waals surface area (Å²) in [4.78, 5) is 14.7. The fourth-order valence-electron chi connectivity index (χ4n) is 3.92. The number of phenolic OH excluding ortho intramolecular Hbond substituents is 1. The van der Waals surface area contributed by atoms with Crippen molar-refractivity contribution >= 4 is 5.91 Å². The standard InChI is InChI=1S/C23H27N3O2/c1-26(2)18(14-16-6-9-19(27)10-7-16)8-13-23(28)25-22-12-11-20-17(15-24)4-3-5-21(20)22/h3-7,9-10,18,22,27H,8,11-14H2,1-2H3,(H,25,28)/t18-,22?/m1/s1. The molecule has 5 heteroatoms. The molecular weight excluding hydrogens is 350 g/mol. The highest BCUT2D eigenvalue weighted by Gasteiger charge is 2.26. The van der Waals surface area contributed by atoms with Crippen molar-refractivity contribution in [3.8, 4) is 11.8 Å². The van der Waals surface area contributed by atoms with E-state index in [1.807, 2.05) is 44.4 Å². The summed E-state index contributed by atoms with van der Waals surface area (Å²) in [6.07, 6.45) is 3.75. The molecule has 0 fully saturated rings. The van der Waals surface area contributed by atoms with E-state index in [1.54, 1.807) is 12.1 Å². The first kappa shape index (κ1) is 19.9. The smallest absolute Gasteiger partial charge is 0.220 e. The number of nitrogens with one attached hydrogen (secondary N) is 1. The fraction of sp³-hybridized carbons (Fsp3) is 0.391. The van der Waals surface area contributed by atoms with Gasteiger partial charge in [0.1, 0.15) is 5.75 Å². The fourth-order valence-corrected chi connectivity index (χ4v) is 3.92. The molecule has 0 spiro atoms. The molecule has 1 aliphatic rings. The van der Waals surface area contributed by atoms with Crippen LogP contribution in [0.1, 0.15) is 47.6 Å². The molecule has 3 rings (SSSR count). The number of carbonyl (C=O) groups excluding carboxylic acids is 1. The average Bonchev–Trinajstić information content (AvgIpc) is 3.09. The molecule has 0 aromatic heterocycles. The minimum absolute atomic E-state index is 0.00528. The van der Waals surface area contributed by atoms with Crippen molar-refractivity contribution in [2.75, 3.05) is 14.1 Å². The van der Waals surface area contributed by atoms with Crippen LogP contribution in [0.5, 0.6) is 5.75 Å². The molecule has 2 aromatic carbocycles. The lowest BCUT2D eigenvalue weighted by molar-refractivity contribution is -0.122. The topological polar surface area (TPSA) is 76.4 Å². The molecule has 5 nitrogen and oxygen atoms in total. The lowest BCUT2D eigenvalue weighted by atomic mass is 10.00. The van der Waals surface area contributed by atoms with Crippen LogP contribution in [0.3, 0.4) is 0 Å². The van der Waals surface area contributed by atoms with Crippen LogP contribution in [0.4, 0.5) is 0 Å². The van der Waals surface area contributed by atoms with E-state index >= 15 is 0 Å². The zero-order valence-corrected chi connectivity index (χ0v) is 16.5. The summed E-state index contributed by atoms with van der Waals surface area (Å²) in [6, 6.07) is 15.5. The number of nitrogens with zero attached hydrogens (tertiary/aromatic N) is 2. The second kappa shape index (κ2) is 8.90. The Hall–Kier alpha value is -2.84. The maximum Gasteiger partial charge on any atom is 0.220 e. The van der Waals surface area contributed by atoms with E-state index in [1.165, 1.54) is 0 Å². The van der Waals surface area contributed by atoms with Crippen molar-refractivity contribution in [2.24, 2.45) is 0 Å². The molecule has 1 amide bonds. The van der Waals surface area contributed by atoms with Gasteiger partial charge in [-0.3, -0.25) is 4.79 Å². The first-order chi connectivity index (χ1) is 13.5.